The minimum Gasteiger partial charge on any atom is -0.379 e. The Balaban J connectivity index is 1.44. The molecule has 1 amide bonds. The molecule has 1 aliphatic carbocycles. The molecule has 1 atom stereocenters. The zero-order valence-electron chi connectivity index (χ0n) is 15.8. The summed E-state index contributed by atoms with van der Waals surface area (Å²) >= 11 is 0. The minimum absolute atomic E-state index is 0.277. The molecule has 2 aliphatic heterocycles. The fourth-order valence-electron chi connectivity index (χ4n) is 4.57. The van der Waals surface area contributed by atoms with Crippen molar-refractivity contribution < 1.29 is 9.53 Å². The van der Waals surface area contributed by atoms with E-state index in [9.17, 15) is 4.79 Å². The number of hydrogen-bond acceptors (Lipinski definition) is 4. The van der Waals surface area contributed by atoms with Crippen molar-refractivity contribution in [3.63, 3.8) is 0 Å². The highest BCUT2D eigenvalue weighted by Crippen LogP contribution is 2.32. The average Bonchev–Trinajstić information content (AvgIpc) is 3.31. The lowest BCUT2D eigenvalue weighted by Gasteiger charge is -2.34. The van der Waals surface area contributed by atoms with E-state index in [-0.39, 0.29) is 5.91 Å². The van der Waals surface area contributed by atoms with Gasteiger partial charge in [-0.3, -0.25) is 14.8 Å². The number of likely N-dealkylation sites (tertiary alicyclic amines) is 1. The Morgan fingerprint density at radius 1 is 1.27 bits per heavy atom. The molecular formula is C20H30N4O2. The molecule has 0 spiro atoms. The average molecular weight is 358 g/mol. The van der Waals surface area contributed by atoms with E-state index in [1.807, 2.05) is 6.20 Å². The maximum Gasteiger partial charge on any atom is 0.249 e. The molecule has 2 fully saturated rings. The molecule has 3 heterocycles. The van der Waals surface area contributed by atoms with Crippen LogP contribution in [-0.4, -0.2) is 65.3 Å². The third kappa shape index (κ3) is 3.71. The van der Waals surface area contributed by atoms with Crippen molar-refractivity contribution in [3.05, 3.63) is 28.6 Å². The molecule has 3 aliphatic rings. The van der Waals surface area contributed by atoms with Crippen molar-refractivity contribution in [2.24, 2.45) is 0 Å². The largest absolute Gasteiger partial charge is 0.379 e. The summed E-state index contributed by atoms with van der Waals surface area (Å²) in [6.07, 6.45) is 7.34. The number of carbonyl (C=O) groups is 1. The molecular weight excluding hydrogens is 328 g/mol. The SMILES string of the molecule is CC1=C(C(=O)N2CCC[C@H](c3[nH]ncc3CN3CCOCC3)C2)CCC1. The van der Waals surface area contributed by atoms with Crippen LogP contribution in [0.25, 0.3) is 0 Å². The van der Waals surface area contributed by atoms with E-state index in [2.05, 4.69) is 26.9 Å². The van der Waals surface area contributed by atoms with Crippen molar-refractivity contribution in [2.75, 3.05) is 39.4 Å². The van der Waals surface area contributed by atoms with E-state index < -0.39 is 0 Å². The molecule has 26 heavy (non-hydrogen) atoms. The van der Waals surface area contributed by atoms with Crippen LogP contribution in [0.15, 0.2) is 17.3 Å². The molecule has 2 saturated heterocycles. The van der Waals surface area contributed by atoms with Crippen LogP contribution in [0, 0.1) is 0 Å². The van der Waals surface area contributed by atoms with Gasteiger partial charge in [0.2, 0.25) is 5.91 Å². The topological polar surface area (TPSA) is 61.5 Å². The fraction of sp³-hybridized carbons (Fsp3) is 0.700. The quantitative estimate of drug-likeness (QED) is 0.898. The first-order valence-corrected chi connectivity index (χ1v) is 10.0. The standard InChI is InChI=1S/C20H30N4O2/c1-15-4-2-6-18(15)20(25)24-7-3-5-16(14-24)19-17(12-21-22-19)13-23-8-10-26-11-9-23/h12,16H,2-11,13-14H2,1H3,(H,21,22)/t16-/m0/s1. The van der Waals surface area contributed by atoms with Gasteiger partial charge in [-0.2, -0.15) is 5.10 Å². The lowest BCUT2D eigenvalue weighted by atomic mass is 9.91. The number of H-pyrrole nitrogens is 1. The molecule has 4 rings (SSSR count). The number of hydrogen-bond donors (Lipinski definition) is 1. The van der Waals surface area contributed by atoms with E-state index in [1.165, 1.54) is 16.8 Å². The van der Waals surface area contributed by atoms with Crippen LogP contribution in [0.5, 0.6) is 0 Å². The second-order valence-corrected chi connectivity index (χ2v) is 7.90. The first-order valence-electron chi connectivity index (χ1n) is 10.0. The van der Waals surface area contributed by atoms with E-state index in [0.717, 1.165) is 83.6 Å². The van der Waals surface area contributed by atoms with Crippen molar-refractivity contribution in [1.82, 2.24) is 20.0 Å². The molecule has 0 aromatic carbocycles. The number of rotatable bonds is 4. The van der Waals surface area contributed by atoms with E-state index in [0.29, 0.717) is 5.92 Å². The first kappa shape index (κ1) is 17.7. The first-order chi connectivity index (χ1) is 12.7. The van der Waals surface area contributed by atoms with Crippen LogP contribution in [0.1, 0.15) is 56.2 Å². The van der Waals surface area contributed by atoms with Crippen molar-refractivity contribution in [2.45, 2.75) is 51.5 Å². The maximum atomic E-state index is 12.9. The molecule has 6 nitrogen and oxygen atoms in total. The summed E-state index contributed by atoms with van der Waals surface area (Å²) in [4.78, 5) is 17.5. The summed E-state index contributed by atoms with van der Waals surface area (Å²) in [5.74, 6) is 0.646. The number of morpholine rings is 1. The van der Waals surface area contributed by atoms with E-state index >= 15 is 0 Å². The number of amides is 1. The van der Waals surface area contributed by atoms with Crippen LogP contribution in [0.4, 0.5) is 0 Å². The number of aromatic nitrogens is 2. The molecule has 1 aromatic heterocycles. The zero-order valence-corrected chi connectivity index (χ0v) is 15.8. The number of allylic oxidation sites excluding steroid dienone is 1. The summed E-state index contributed by atoms with van der Waals surface area (Å²) in [7, 11) is 0. The second-order valence-electron chi connectivity index (χ2n) is 7.90. The molecule has 0 saturated carbocycles. The third-order valence-corrected chi connectivity index (χ3v) is 6.12. The predicted octanol–water partition coefficient (Wildman–Crippen LogP) is 2.45. The van der Waals surface area contributed by atoms with Gasteiger partial charge in [0.05, 0.1) is 19.4 Å². The van der Waals surface area contributed by atoms with Gasteiger partial charge in [-0.1, -0.05) is 5.57 Å². The summed E-state index contributed by atoms with van der Waals surface area (Å²) in [5, 5.41) is 7.57. The second kappa shape index (κ2) is 7.92. The summed E-state index contributed by atoms with van der Waals surface area (Å²) in [5.41, 5.74) is 4.88. The van der Waals surface area contributed by atoms with Gasteiger partial charge in [-0.15, -0.1) is 0 Å². The maximum absolute atomic E-state index is 12.9. The summed E-state index contributed by atoms with van der Waals surface area (Å²) in [6.45, 7) is 8.33. The lowest BCUT2D eigenvalue weighted by molar-refractivity contribution is -0.128. The highest BCUT2D eigenvalue weighted by Gasteiger charge is 2.30. The van der Waals surface area contributed by atoms with Gasteiger partial charge in [-0.05, 0) is 39.0 Å². The van der Waals surface area contributed by atoms with Crippen LogP contribution in [-0.2, 0) is 16.1 Å². The molecule has 0 radical (unpaired) electrons. The van der Waals surface area contributed by atoms with Crippen LogP contribution >= 0.6 is 0 Å². The van der Waals surface area contributed by atoms with Crippen LogP contribution < -0.4 is 0 Å². The lowest BCUT2D eigenvalue weighted by Crippen LogP contribution is -2.40. The molecule has 1 aromatic rings. The van der Waals surface area contributed by atoms with Gasteiger partial charge in [-0.25, -0.2) is 0 Å². The number of nitrogens with zero attached hydrogens (tertiary/aromatic N) is 3. The highest BCUT2D eigenvalue weighted by molar-refractivity contribution is 5.94. The van der Waals surface area contributed by atoms with Crippen molar-refractivity contribution in [1.29, 1.82) is 0 Å². The van der Waals surface area contributed by atoms with Gasteiger partial charge in [0.15, 0.2) is 0 Å². The van der Waals surface area contributed by atoms with E-state index in [1.54, 1.807) is 0 Å². The monoisotopic (exact) mass is 358 g/mol. The van der Waals surface area contributed by atoms with Gasteiger partial charge < -0.3 is 9.64 Å². The van der Waals surface area contributed by atoms with Crippen molar-refractivity contribution in [3.8, 4) is 0 Å². The molecule has 1 N–H and O–H groups in total. The van der Waals surface area contributed by atoms with Crippen LogP contribution in [0.3, 0.4) is 0 Å². The van der Waals surface area contributed by atoms with Gasteiger partial charge >= 0.3 is 0 Å². The Hall–Kier alpha value is -1.66. The Bertz CT molecular complexity index is 675. The van der Waals surface area contributed by atoms with E-state index in [4.69, 9.17) is 4.74 Å². The molecule has 6 heteroatoms. The van der Waals surface area contributed by atoms with Gasteiger partial charge in [0.25, 0.3) is 0 Å². The van der Waals surface area contributed by atoms with Crippen molar-refractivity contribution >= 4 is 5.91 Å². The Kier molecular flexibility index (Phi) is 5.41. The Labute approximate surface area is 155 Å². The number of nitrogens with one attached hydrogen (secondary N) is 1. The highest BCUT2D eigenvalue weighted by atomic mass is 16.5. The molecule has 0 unspecified atom stereocenters. The summed E-state index contributed by atoms with van der Waals surface area (Å²) < 4.78 is 5.45. The molecule has 142 valence electrons. The smallest absolute Gasteiger partial charge is 0.249 e. The minimum atomic E-state index is 0.277. The number of ether oxygens (including phenoxy) is 1. The Morgan fingerprint density at radius 3 is 2.88 bits per heavy atom. The predicted molar refractivity (Wildman–Crippen MR) is 99.8 cm³/mol. The number of aromatic amines is 1. The third-order valence-electron chi connectivity index (χ3n) is 6.12. The zero-order chi connectivity index (χ0) is 17.9. The fourth-order valence-corrected chi connectivity index (χ4v) is 4.57. The van der Waals surface area contributed by atoms with Gasteiger partial charge in [0, 0.05) is 55.5 Å². The molecule has 0 bridgehead atoms. The normalized spacial score (nSPS) is 25.1. The number of carbonyl (C=O) groups excluding carboxylic acids is 1. The van der Waals surface area contributed by atoms with Crippen LogP contribution in [0.2, 0.25) is 0 Å². The Morgan fingerprint density at radius 2 is 2.12 bits per heavy atom. The van der Waals surface area contributed by atoms with Gasteiger partial charge in [0.1, 0.15) is 0 Å². The number of piperidine rings is 1. The summed E-state index contributed by atoms with van der Waals surface area (Å²) in [6, 6.07) is 0.